The number of hydrogen-bond acceptors (Lipinski definition) is 0. The summed E-state index contributed by atoms with van der Waals surface area (Å²) in [6.45, 7) is 3.59. The molecule has 0 radical (unpaired) electrons. The van der Waals surface area contributed by atoms with Crippen molar-refractivity contribution in [2.75, 3.05) is 0 Å². The van der Waals surface area contributed by atoms with Crippen LogP contribution in [-0.4, -0.2) is 0 Å². The first kappa shape index (κ1) is 10.3. The molecule has 0 aromatic heterocycles. The summed E-state index contributed by atoms with van der Waals surface area (Å²) in [6.07, 6.45) is 13.6. The number of benzene rings is 1. The van der Waals surface area contributed by atoms with E-state index in [1.165, 1.54) is 5.56 Å². The van der Waals surface area contributed by atoms with Crippen molar-refractivity contribution in [1.82, 2.24) is 0 Å². The first-order valence-corrected chi connectivity index (χ1v) is 4.61. The fraction of sp³-hybridized carbons (Fsp3) is 0. The van der Waals surface area contributed by atoms with Gasteiger partial charge in [-0.25, -0.2) is 0 Å². The quantitative estimate of drug-likeness (QED) is 0.617. The molecule has 0 N–H and O–H groups in total. The molecule has 0 unspecified atom stereocenters. The zero-order chi connectivity index (χ0) is 10.1. The Morgan fingerprint density at radius 1 is 0.786 bits per heavy atom. The highest BCUT2D eigenvalue weighted by atomic mass is 13.8. The van der Waals surface area contributed by atoms with Crippen LogP contribution in [0, 0.1) is 0 Å². The van der Waals surface area contributed by atoms with Crippen molar-refractivity contribution in [2.24, 2.45) is 0 Å². The Morgan fingerprint density at radius 2 is 1.43 bits per heavy atom. The molecule has 0 atom stereocenters. The number of allylic oxidation sites excluding steroid dienone is 6. The van der Waals surface area contributed by atoms with E-state index in [9.17, 15) is 0 Å². The van der Waals surface area contributed by atoms with Crippen LogP contribution in [0.1, 0.15) is 5.56 Å². The van der Waals surface area contributed by atoms with Gasteiger partial charge in [-0.15, -0.1) is 0 Å². The fourth-order valence-corrected chi connectivity index (χ4v) is 1.00. The summed E-state index contributed by atoms with van der Waals surface area (Å²) in [6, 6.07) is 10.2. The zero-order valence-corrected chi connectivity index (χ0v) is 8.14. The number of hydrogen-bond donors (Lipinski definition) is 0. The molecular formula is C14H14. The highest BCUT2D eigenvalue weighted by Gasteiger charge is 1.78. The lowest BCUT2D eigenvalue weighted by Crippen LogP contribution is -1.66. The molecule has 0 fully saturated rings. The molecule has 0 aliphatic carbocycles. The summed E-state index contributed by atoms with van der Waals surface area (Å²) < 4.78 is 0. The number of rotatable bonds is 4. The van der Waals surface area contributed by atoms with Gasteiger partial charge in [0.2, 0.25) is 0 Å². The Balaban J connectivity index is 2.45. The average molecular weight is 182 g/mol. The molecular weight excluding hydrogens is 168 g/mol. The van der Waals surface area contributed by atoms with Gasteiger partial charge in [0, 0.05) is 0 Å². The summed E-state index contributed by atoms with van der Waals surface area (Å²) in [4.78, 5) is 0. The van der Waals surface area contributed by atoms with E-state index >= 15 is 0 Å². The normalized spacial score (nSPS) is 11.7. The van der Waals surface area contributed by atoms with Gasteiger partial charge in [-0.05, 0) is 5.56 Å². The first-order chi connectivity index (χ1) is 6.93. The molecule has 0 amide bonds. The Bertz CT molecular complexity index is 340. The van der Waals surface area contributed by atoms with Crippen molar-refractivity contribution >= 4 is 6.08 Å². The highest BCUT2D eigenvalue weighted by Crippen LogP contribution is 2.00. The third-order valence-electron chi connectivity index (χ3n) is 1.67. The average Bonchev–Trinajstić information content (AvgIpc) is 2.25. The van der Waals surface area contributed by atoms with Gasteiger partial charge in [-0.1, -0.05) is 79.4 Å². The smallest absolute Gasteiger partial charge is 0.0257 e. The summed E-state index contributed by atoms with van der Waals surface area (Å²) in [5.74, 6) is 0. The van der Waals surface area contributed by atoms with Gasteiger partial charge >= 0.3 is 0 Å². The van der Waals surface area contributed by atoms with Crippen molar-refractivity contribution in [2.45, 2.75) is 0 Å². The van der Waals surface area contributed by atoms with Crippen LogP contribution in [-0.2, 0) is 0 Å². The largest absolute Gasteiger partial charge is 0.0991 e. The monoisotopic (exact) mass is 182 g/mol. The maximum Gasteiger partial charge on any atom is -0.0257 e. The van der Waals surface area contributed by atoms with Crippen LogP contribution in [0.25, 0.3) is 6.08 Å². The minimum atomic E-state index is 1.21. The summed E-state index contributed by atoms with van der Waals surface area (Å²) in [5.41, 5.74) is 1.21. The van der Waals surface area contributed by atoms with Crippen molar-refractivity contribution in [3.05, 3.63) is 78.9 Å². The van der Waals surface area contributed by atoms with Crippen LogP contribution < -0.4 is 0 Å². The van der Waals surface area contributed by atoms with E-state index in [0.717, 1.165) is 0 Å². The molecule has 0 saturated carbocycles. The van der Waals surface area contributed by atoms with Gasteiger partial charge in [0.05, 0.1) is 0 Å². The molecule has 0 aliphatic rings. The molecule has 1 aromatic rings. The van der Waals surface area contributed by atoms with Crippen LogP contribution in [0.15, 0.2) is 73.4 Å². The van der Waals surface area contributed by atoms with Gasteiger partial charge in [0.25, 0.3) is 0 Å². The molecule has 0 heteroatoms. The molecule has 1 aromatic carbocycles. The summed E-state index contributed by atoms with van der Waals surface area (Å²) >= 11 is 0. The van der Waals surface area contributed by atoms with Gasteiger partial charge in [0.15, 0.2) is 0 Å². The van der Waals surface area contributed by atoms with E-state index in [2.05, 4.69) is 24.8 Å². The molecule has 0 saturated heterocycles. The maximum atomic E-state index is 3.59. The standard InChI is InChI=1S/C14H14/c1-2-3-4-5-6-8-11-14-12-9-7-10-13-14/h2-13H,1H2. The van der Waals surface area contributed by atoms with Gasteiger partial charge in [0.1, 0.15) is 0 Å². The minimum absolute atomic E-state index is 1.21. The molecule has 70 valence electrons. The predicted octanol–water partition coefficient (Wildman–Crippen LogP) is 4.00. The third kappa shape index (κ3) is 4.27. The fourth-order valence-electron chi connectivity index (χ4n) is 1.00. The lowest BCUT2D eigenvalue weighted by atomic mass is 10.2. The lowest BCUT2D eigenvalue weighted by Gasteiger charge is -1.87. The van der Waals surface area contributed by atoms with Crippen molar-refractivity contribution in [3.8, 4) is 0 Å². The van der Waals surface area contributed by atoms with Crippen LogP contribution in [0.4, 0.5) is 0 Å². The molecule has 0 spiro atoms. The lowest BCUT2D eigenvalue weighted by molar-refractivity contribution is 1.66. The van der Waals surface area contributed by atoms with Gasteiger partial charge < -0.3 is 0 Å². The maximum absolute atomic E-state index is 3.59. The second kappa shape index (κ2) is 6.67. The first-order valence-electron chi connectivity index (χ1n) is 4.61. The van der Waals surface area contributed by atoms with Crippen LogP contribution in [0.2, 0.25) is 0 Å². The van der Waals surface area contributed by atoms with E-state index in [0.29, 0.717) is 0 Å². The zero-order valence-electron chi connectivity index (χ0n) is 8.14. The van der Waals surface area contributed by atoms with E-state index in [1.54, 1.807) is 6.08 Å². The second-order valence-electron chi connectivity index (χ2n) is 2.78. The highest BCUT2D eigenvalue weighted by molar-refractivity contribution is 5.50. The van der Waals surface area contributed by atoms with E-state index in [1.807, 2.05) is 48.6 Å². The molecule has 0 heterocycles. The van der Waals surface area contributed by atoms with Crippen molar-refractivity contribution < 1.29 is 0 Å². The Kier molecular flexibility index (Phi) is 4.89. The minimum Gasteiger partial charge on any atom is -0.0991 e. The topological polar surface area (TPSA) is 0 Å². The second-order valence-corrected chi connectivity index (χ2v) is 2.78. The third-order valence-corrected chi connectivity index (χ3v) is 1.67. The van der Waals surface area contributed by atoms with Crippen LogP contribution in [0.3, 0.4) is 0 Å². The SMILES string of the molecule is C=CC=CC=CC=Cc1ccccc1. The van der Waals surface area contributed by atoms with Gasteiger partial charge in [-0.3, -0.25) is 0 Å². The van der Waals surface area contributed by atoms with Crippen molar-refractivity contribution in [1.29, 1.82) is 0 Å². The molecule has 14 heavy (non-hydrogen) atoms. The molecule has 0 bridgehead atoms. The van der Waals surface area contributed by atoms with Gasteiger partial charge in [-0.2, -0.15) is 0 Å². The molecule has 0 aliphatic heterocycles. The van der Waals surface area contributed by atoms with Crippen LogP contribution >= 0.6 is 0 Å². The van der Waals surface area contributed by atoms with E-state index in [4.69, 9.17) is 0 Å². The molecule has 1 rings (SSSR count). The summed E-state index contributed by atoms with van der Waals surface area (Å²) in [7, 11) is 0. The Labute approximate surface area is 85.6 Å². The molecule has 0 nitrogen and oxygen atoms in total. The van der Waals surface area contributed by atoms with Crippen LogP contribution in [0.5, 0.6) is 0 Å². The predicted molar refractivity (Wildman–Crippen MR) is 64.0 cm³/mol. The Hall–Kier alpha value is -1.82. The van der Waals surface area contributed by atoms with E-state index < -0.39 is 0 Å². The Morgan fingerprint density at radius 3 is 2.14 bits per heavy atom. The van der Waals surface area contributed by atoms with E-state index in [-0.39, 0.29) is 0 Å². The summed E-state index contributed by atoms with van der Waals surface area (Å²) in [5, 5.41) is 0. The van der Waals surface area contributed by atoms with Crippen molar-refractivity contribution in [3.63, 3.8) is 0 Å².